The first-order valence-electron chi connectivity index (χ1n) is 8.04. The molecule has 0 bridgehead atoms. The molecule has 0 saturated carbocycles. The summed E-state index contributed by atoms with van der Waals surface area (Å²) in [5, 5.41) is 17.0. The average molecular weight is 370 g/mol. The summed E-state index contributed by atoms with van der Waals surface area (Å²) in [6, 6.07) is 16.7. The van der Waals surface area contributed by atoms with Crippen molar-refractivity contribution in [2.45, 2.75) is 25.6 Å². The molecule has 0 heterocycles. The van der Waals surface area contributed by atoms with Gasteiger partial charge in [0.2, 0.25) is 0 Å². The zero-order valence-electron chi connectivity index (χ0n) is 14.1. The van der Waals surface area contributed by atoms with E-state index in [0.29, 0.717) is 24.8 Å². The summed E-state index contributed by atoms with van der Waals surface area (Å²) < 4.78 is 37.4. The largest absolute Gasteiger partial charge is 0.522 e. The molecule has 0 aliphatic heterocycles. The molecule has 0 unspecified atom stereocenters. The van der Waals surface area contributed by atoms with Gasteiger partial charge in [0.25, 0.3) is 0 Å². The lowest BCUT2D eigenvalue weighted by atomic mass is 10.0. The summed E-state index contributed by atoms with van der Waals surface area (Å²) in [6.45, 7) is -0.296. The van der Waals surface area contributed by atoms with Crippen molar-refractivity contribution in [3.05, 3.63) is 60.2 Å². The Morgan fingerprint density at radius 2 is 1.46 bits per heavy atom. The van der Waals surface area contributed by atoms with Crippen LogP contribution in [0.3, 0.4) is 0 Å². The lowest BCUT2D eigenvalue weighted by Crippen LogP contribution is -2.14. The van der Waals surface area contributed by atoms with E-state index in [9.17, 15) is 18.0 Å². The van der Waals surface area contributed by atoms with Crippen molar-refractivity contribution in [3.8, 4) is 11.1 Å². The zero-order valence-corrected chi connectivity index (χ0v) is 14.1. The second kappa shape index (κ2) is 11.3. The third-order valence-corrected chi connectivity index (χ3v) is 3.31. The van der Waals surface area contributed by atoms with E-state index in [1.807, 2.05) is 42.5 Å². The Labute approximate surface area is 149 Å². The van der Waals surface area contributed by atoms with Crippen LogP contribution in [0.1, 0.15) is 29.6 Å². The molecule has 2 N–H and O–H groups in total. The number of halogens is 3. The van der Waals surface area contributed by atoms with Gasteiger partial charge in [0.05, 0.1) is 12.2 Å². The van der Waals surface area contributed by atoms with Gasteiger partial charge in [0, 0.05) is 6.61 Å². The normalized spacial score (nSPS) is 10.8. The van der Waals surface area contributed by atoms with Crippen molar-refractivity contribution < 1.29 is 32.9 Å². The van der Waals surface area contributed by atoms with Crippen molar-refractivity contribution in [3.63, 3.8) is 0 Å². The quantitative estimate of drug-likeness (QED) is 0.691. The molecule has 0 radical (unpaired) electrons. The highest BCUT2D eigenvalue weighted by Crippen LogP contribution is 2.19. The molecule has 2 aromatic carbocycles. The Kier molecular flexibility index (Phi) is 9.40. The number of aromatic carboxylic acids is 1. The monoisotopic (exact) mass is 370 g/mol. The number of carbonyl (C=O) groups is 1. The van der Waals surface area contributed by atoms with Gasteiger partial charge in [0.1, 0.15) is 0 Å². The number of hydrogen-bond donors (Lipinski definition) is 2. The van der Waals surface area contributed by atoms with Crippen LogP contribution in [-0.4, -0.2) is 35.8 Å². The third kappa shape index (κ3) is 9.19. The number of aliphatic hydroxyl groups excluding tert-OH is 1. The van der Waals surface area contributed by atoms with Crippen molar-refractivity contribution in [2.75, 3.05) is 13.2 Å². The third-order valence-electron chi connectivity index (χ3n) is 3.31. The number of unbranched alkanes of at least 4 members (excludes halogenated alkanes) is 2. The maximum atomic E-state index is 11.3. The SMILES string of the molecule is O=C(O)c1ccc(-c2ccccc2)cc1.OCCCCCOC(F)(F)F. The number of benzene rings is 2. The van der Waals surface area contributed by atoms with Gasteiger partial charge in [-0.1, -0.05) is 42.5 Å². The first-order valence-corrected chi connectivity index (χ1v) is 8.04. The predicted molar refractivity (Wildman–Crippen MR) is 91.8 cm³/mol. The maximum Gasteiger partial charge on any atom is 0.522 e. The van der Waals surface area contributed by atoms with Gasteiger partial charge in [0.15, 0.2) is 0 Å². The van der Waals surface area contributed by atoms with E-state index < -0.39 is 12.3 Å². The number of ether oxygens (including phenoxy) is 1. The first kappa shape index (κ1) is 21.7. The minimum absolute atomic E-state index is 0.0199. The summed E-state index contributed by atoms with van der Waals surface area (Å²) in [6.07, 6.45) is -3.09. The highest BCUT2D eigenvalue weighted by atomic mass is 19.4. The topological polar surface area (TPSA) is 66.8 Å². The van der Waals surface area contributed by atoms with E-state index in [-0.39, 0.29) is 13.2 Å². The van der Waals surface area contributed by atoms with Gasteiger partial charge in [-0.25, -0.2) is 4.79 Å². The Morgan fingerprint density at radius 3 is 1.96 bits per heavy atom. The van der Waals surface area contributed by atoms with E-state index in [1.165, 1.54) is 0 Å². The van der Waals surface area contributed by atoms with Crippen LogP contribution in [0, 0.1) is 0 Å². The summed E-state index contributed by atoms with van der Waals surface area (Å²) in [5.41, 5.74) is 2.43. The van der Waals surface area contributed by atoms with Crippen molar-refractivity contribution >= 4 is 5.97 Å². The Bertz CT molecular complexity index is 640. The van der Waals surface area contributed by atoms with E-state index in [0.717, 1.165) is 11.1 Å². The summed E-state index contributed by atoms with van der Waals surface area (Å²) in [4.78, 5) is 10.6. The molecule has 7 heteroatoms. The van der Waals surface area contributed by atoms with Gasteiger partial charge in [-0.2, -0.15) is 0 Å². The second-order valence-electron chi connectivity index (χ2n) is 5.33. The molecule has 0 amide bonds. The van der Waals surface area contributed by atoms with Crippen molar-refractivity contribution in [1.29, 1.82) is 0 Å². The highest BCUT2D eigenvalue weighted by Gasteiger charge is 2.28. The van der Waals surface area contributed by atoms with Gasteiger partial charge >= 0.3 is 12.3 Å². The molecule has 4 nitrogen and oxygen atoms in total. The molecule has 0 fully saturated rings. The van der Waals surface area contributed by atoms with Crippen LogP contribution in [0.5, 0.6) is 0 Å². The number of carboxylic acid groups (broad SMARTS) is 1. The molecular weight excluding hydrogens is 349 g/mol. The number of alkyl halides is 3. The number of hydrogen-bond acceptors (Lipinski definition) is 3. The van der Waals surface area contributed by atoms with Crippen LogP contribution in [0.15, 0.2) is 54.6 Å². The fourth-order valence-electron chi connectivity index (χ4n) is 2.01. The van der Waals surface area contributed by atoms with E-state index >= 15 is 0 Å². The molecule has 0 aromatic heterocycles. The minimum atomic E-state index is -4.51. The minimum Gasteiger partial charge on any atom is -0.478 e. The summed E-state index contributed by atoms with van der Waals surface area (Å²) in [5.74, 6) is -0.894. The number of rotatable bonds is 7. The number of aliphatic hydroxyl groups is 1. The Morgan fingerprint density at radius 1 is 0.885 bits per heavy atom. The highest BCUT2D eigenvalue weighted by molar-refractivity contribution is 5.88. The van der Waals surface area contributed by atoms with Crippen LogP contribution in [-0.2, 0) is 4.74 Å². The molecule has 0 aliphatic carbocycles. The van der Waals surface area contributed by atoms with Crippen LogP contribution in [0.25, 0.3) is 11.1 Å². The van der Waals surface area contributed by atoms with Crippen LogP contribution < -0.4 is 0 Å². The smallest absolute Gasteiger partial charge is 0.478 e. The molecule has 2 aromatic rings. The van der Waals surface area contributed by atoms with E-state index in [1.54, 1.807) is 12.1 Å². The molecule has 2 rings (SSSR count). The van der Waals surface area contributed by atoms with Crippen LogP contribution in [0.4, 0.5) is 13.2 Å². The molecule has 0 atom stereocenters. The molecule has 142 valence electrons. The average Bonchev–Trinajstić information content (AvgIpc) is 2.62. The second-order valence-corrected chi connectivity index (χ2v) is 5.33. The van der Waals surface area contributed by atoms with E-state index in [2.05, 4.69) is 4.74 Å². The Hall–Kier alpha value is -2.38. The van der Waals surface area contributed by atoms with Gasteiger partial charge < -0.3 is 10.2 Å². The molecular formula is C19H21F3O4. The predicted octanol–water partition coefficient (Wildman–Crippen LogP) is 4.74. The Balaban J connectivity index is 0.000000276. The first-order chi connectivity index (χ1) is 12.3. The fourth-order valence-corrected chi connectivity index (χ4v) is 2.01. The van der Waals surface area contributed by atoms with Gasteiger partial charge in [-0.05, 0) is 42.5 Å². The number of carboxylic acids is 1. The van der Waals surface area contributed by atoms with E-state index in [4.69, 9.17) is 10.2 Å². The summed E-state index contributed by atoms with van der Waals surface area (Å²) in [7, 11) is 0. The van der Waals surface area contributed by atoms with Gasteiger partial charge in [-0.15, -0.1) is 13.2 Å². The van der Waals surface area contributed by atoms with Crippen molar-refractivity contribution in [1.82, 2.24) is 0 Å². The van der Waals surface area contributed by atoms with Crippen LogP contribution in [0.2, 0.25) is 0 Å². The standard InChI is InChI=1S/C13H10O2.C6H11F3O2/c14-13(15)12-8-6-11(7-9-12)10-4-2-1-3-5-10;7-6(8,9)11-5-3-1-2-4-10/h1-9H,(H,14,15);10H,1-5H2. The maximum absolute atomic E-state index is 11.3. The lowest BCUT2D eigenvalue weighted by Gasteiger charge is -2.05. The lowest BCUT2D eigenvalue weighted by molar-refractivity contribution is -0.324. The molecule has 0 aliphatic rings. The summed E-state index contributed by atoms with van der Waals surface area (Å²) >= 11 is 0. The fraction of sp³-hybridized carbons (Fsp3) is 0.316. The van der Waals surface area contributed by atoms with Crippen molar-refractivity contribution in [2.24, 2.45) is 0 Å². The zero-order chi connectivity index (χ0) is 19.4. The molecule has 0 spiro atoms. The molecule has 0 saturated heterocycles. The molecule has 26 heavy (non-hydrogen) atoms. The van der Waals surface area contributed by atoms with Gasteiger partial charge in [-0.3, -0.25) is 4.74 Å². The van der Waals surface area contributed by atoms with Crippen LogP contribution >= 0.6 is 0 Å².